The standard InChI is InChI=1S/C17H21N3O4S/c1-3-18-17(23)11(2)19-14(21)10-24-16(22)9-8-15-20-12-6-4-5-7-13(12)25-15/h4-7,11H,3,8-10H2,1-2H3,(H,18,23)(H,19,21)/t11-/m0/s1. The van der Waals surface area contributed by atoms with Crippen molar-refractivity contribution in [3.05, 3.63) is 29.3 Å². The van der Waals surface area contributed by atoms with Gasteiger partial charge in [0.25, 0.3) is 5.91 Å². The van der Waals surface area contributed by atoms with Crippen LogP contribution < -0.4 is 10.6 Å². The highest BCUT2D eigenvalue weighted by atomic mass is 32.1. The molecule has 2 rings (SSSR count). The first-order chi connectivity index (χ1) is 12.0. The number of likely N-dealkylation sites (N-methyl/N-ethyl adjacent to an activating group) is 1. The number of aryl methyl sites for hydroxylation is 1. The molecule has 8 heteroatoms. The molecule has 0 spiro atoms. The monoisotopic (exact) mass is 363 g/mol. The Kier molecular flexibility index (Phi) is 6.88. The molecular weight excluding hydrogens is 342 g/mol. The third-order valence-corrected chi connectivity index (χ3v) is 4.46. The molecule has 2 amide bonds. The fraction of sp³-hybridized carbons (Fsp3) is 0.412. The summed E-state index contributed by atoms with van der Waals surface area (Å²) in [6.45, 7) is 3.44. The van der Waals surface area contributed by atoms with E-state index in [1.807, 2.05) is 24.3 Å². The molecule has 1 atom stereocenters. The Labute approximate surface area is 149 Å². The smallest absolute Gasteiger partial charge is 0.306 e. The van der Waals surface area contributed by atoms with Gasteiger partial charge in [0.2, 0.25) is 5.91 Å². The van der Waals surface area contributed by atoms with Gasteiger partial charge in [0.05, 0.1) is 21.6 Å². The summed E-state index contributed by atoms with van der Waals surface area (Å²) in [7, 11) is 0. The quantitative estimate of drug-likeness (QED) is 0.691. The number of carbonyl (C=O) groups excluding carboxylic acids is 3. The Balaban J connectivity index is 1.71. The summed E-state index contributed by atoms with van der Waals surface area (Å²) in [5.41, 5.74) is 0.912. The van der Waals surface area contributed by atoms with Gasteiger partial charge < -0.3 is 15.4 Å². The third-order valence-electron chi connectivity index (χ3n) is 3.37. The summed E-state index contributed by atoms with van der Waals surface area (Å²) in [6.07, 6.45) is 0.619. The summed E-state index contributed by atoms with van der Waals surface area (Å²) in [6, 6.07) is 7.09. The molecule has 0 radical (unpaired) electrons. The molecule has 1 aromatic carbocycles. The molecule has 134 valence electrons. The van der Waals surface area contributed by atoms with E-state index in [9.17, 15) is 14.4 Å². The summed E-state index contributed by atoms with van der Waals surface area (Å²) in [5.74, 6) is -1.26. The normalized spacial score (nSPS) is 11.8. The minimum atomic E-state index is -0.672. The van der Waals surface area contributed by atoms with E-state index in [-0.39, 0.29) is 12.3 Å². The Morgan fingerprint density at radius 3 is 2.76 bits per heavy atom. The van der Waals surface area contributed by atoms with Gasteiger partial charge in [-0.1, -0.05) is 12.1 Å². The number of nitrogens with one attached hydrogen (secondary N) is 2. The van der Waals surface area contributed by atoms with Crippen LogP contribution in [0.15, 0.2) is 24.3 Å². The van der Waals surface area contributed by atoms with Crippen molar-refractivity contribution in [3.63, 3.8) is 0 Å². The lowest BCUT2D eigenvalue weighted by atomic mass is 10.3. The van der Waals surface area contributed by atoms with E-state index in [4.69, 9.17) is 4.74 Å². The fourth-order valence-electron chi connectivity index (χ4n) is 2.13. The van der Waals surface area contributed by atoms with Crippen LogP contribution in [-0.4, -0.2) is 42.0 Å². The molecule has 25 heavy (non-hydrogen) atoms. The summed E-state index contributed by atoms with van der Waals surface area (Å²) in [4.78, 5) is 39.4. The highest BCUT2D eigenvalue weighted by Gasteiger charge is 2.16. The van der Waals surface area contributed by atoms with Crippen LogP contribution in [0.25, 0.3) is 10.2 Å². The number of carbonyl (C=O) groups is 3. The fourth-order valence-corrected chi connectivity index (χ4v) is 3.10. The Hall–Kier alpha value is -2.48. The van der Waals surface area contributed by atoms with E-state index >= 15 is 0 Å². The van der Waals surface area contributed by atoms with E-state index in [1.165, 1.54) is 11.3 Å². The van der Waals surface area contributed by atoms with Gasteiger partial charge in [0.1, 0.15) is 6.04 Å². The van der Waals surface area contributed by atoms with E-state index in [1.54, 1.807) is 13.8 Å². The number of hydrogen-bond donors (Lipinski definition) is 2. The van der Waals surface area contributed by atoms with Crippen LogP contribution in [0.4, 0.5) is 0 Å². The van der Waals surface area contributed by atoms with Crippen molar-refractivity contribution in [1.29, 1.82) is 0 Å². The Morgan fingerprint density at radius 2 is 2.04 bits per heavy atom. The number of esters is 1. The second-order valence-electron chi connectivity index (χ2n) is 5.42. The number of para-hydroxylation sites is 1. The molecule has 0 fully saturated rings. The number of ether oxygens (including phenoxy) is 1. The number of fused-ring (bicyclic) bond motifs is 1. The molecule has 2 N–H and O–H groups in total. The maximum absolute atomic E-state index is 11.8. The Bertz CT molecular complexity index is 726. The van der Waals surface area contributed by atoms with E-state index in [0.717, 1.165) is 15.2 Å². The highest BCUT2D eigenvalue weighted by Crippen LogP contribution is 2.22. The minimum absolute atomic E-state index is 0.152. The van der Waals surface area contributed by atoms with Gasteiger partial charge >= 0.3 is 5.97 Å². The van der Waals surface area contributed by atoms with Gasteiger partial charge in [-0.25, -0.2) is 4.98 Å². The zero-order valence-electron chi connectivity index (χ0n) is 14.2. The molecule has 1 aromatic heterocycles. The molecule has 0 bridgehead atoms. The molecule has 0 aliphatic carbocycles. The molecule has 1 heterocycles. The predicted molar refractivity (Wildman–Crippen MR) is 95.2 cm³/mol. The van der Waals surface area contributed by atoms with Gasteiger partial charge in [0.15, 0.2) is 6.61 Å². The molecule has 0 saturated carbocycles. The van der Waals surface area contributed by atoms with Crippen molar-refractivity contribution >= 4 is 39.3 Å². The van der Waals surface area contributed by atoms with Gasteiger partial charge in [-0.3, -0.25) is 14.4 Å². The van der Waals surface area contributed by atoms with Crippen LogP contribution in [-0.2, 0) is 25.5 Å². The molecule has 0 aliphatic rings. The summed E-state index contributed by atoms with van der Waals surface area (Å²) >= 11 is 1.54. The van der Waals surface area contributed by atoms with E-state index in [0.29, 0.717) is 13.0 Å². The first kappa shape index (κ1) is 18.9. The second kappa shape index (κ2) is 9.12. The van der Waals surface area contributed by atoms with Crippen molar-refractivity contribution < 1.29 is 19.1 Å². The SMILES string of the molecule is CCNC(=O)[C@H](C)NC(=O)COC(=O)CCc1nc2ccccc2s1. The zero-order valence-corrected chi connectivity index (χ0v) is 15.0. The lowest BCUT2D eigenvalue weighted by molar-refractivity contribution is -0.148. The molecule has 0 aliphatic heterocycles. The minimum Gasteiger partial charge on any atom is -0.456 e. The average molecular weight is 363 g/mol. The molecule has 7 nitrogen and oxygen atoms in total. The number of benzene rings is 1. The number of hydrogen-bond acceptors (Lipinski definition) is 6. The largest absolute Gasteiger partial charge is 0.456 e. The van der Waals surface area contributed by atoms with Crippen molar-refractivity contribution in [2.24, 2.45) is 0 Å². The zero-order chi connectivity index (χ0) is 18.2. The van der Waals surface area contributed by atoms with Crippen molar-refractivity contribution in [2.75, 3.05) is 13.2 Å². The Morgan fingerprint density at radius 1 is 1.28 bits per heavy atom. The van der Waals surface area contributed by atoms with E-state index < -0.39 is 24.5 Å². The molecule has 0 unspecified atom stereocenters. The summed E-state index contributed by atoms with van der Waals surface area (Å²) < 4.78 is 6.01. The van der Waals surface area contributed by atoms with Crippen molar-refractivity contribution in [1.82, 2.24) is 15.6 Å². The number of amides is 2. The number of aromatic nitrogens is 1. The molecule has 0 saturated heterocycles. The first-order valence-corrected chi connectivity index (χ1v) is 8.88. The van der Waals surface area contributed by atoms with Crippen molar-refractivity contribution in [2.45, 2.75) is 32.7 Å². The molecular formula is C17H21N3O4S. The number of rotatable bonds is 8. The van der Waals surface area contributed by atoms with Gasteiger partial charge in [-0.15, -0.1) is 11.3 Å². The highest BCUT2D eigenvalue weighted by molar-refractivity contribution is 7.18. The van der Waals surface area contributed by atoms with Gasteiger partial charge in [-0.05, 0) is 26.0 Å². The topological polar surface area (TPSA) is 97.4 Å². The maximum atomic E-state index is 11.8. The number of nitrogens with zero attached hydrogens (tertiary/aromatic N) is 1. The lowest BCUT2D eigenvalue weighted by Crippen LogP contribution is -2.46. The third kappa shape index (κ3) is 5.82. The van der Waals surface area contributed by atoms with Crippen LogP contribution >= 0.6 is 11.3 Å². The average Bonchev–Trinajstić information content (AvgIpc) is 3.01. The molecule has 2 aromatic rings. The van der Waals surface area contributed by atoms with Gasteiger partial charge in [-0.2, -0.15) is 0 Å². The predicted octanol–water partition coefficient (Wildman–Crippen LogP) is 1.41. The maximum Gasteiger partial charge on any atom is 0.306 e. The first-order valence-electron chi connectivity index (χ1n) is 8.06. The van der Waals surface area contributed by atoms with Crippen LogP contribution in [0.1, 0.15) is 25.3 Å². The van der Waals surface area contributed by atoms with E-state index in [2.05, 4.69) is 15.6 Å². The second-order valence-corrected chi connectivity index (χ2v) is 6.53. The summed E-state index contributed by atoms with van der Waals surface area (Å²) in [5, 5.41) is 5.92. The van der Waals surface area contributed by atoms with Gasteiger partial charge in [0, 0.05) is 13.0 Å². The van der Waals surface area contributed by atoms with Crippen LogP contribution in [0.5, 0.6) is 0 Å². The van der Waals surface area contributed by atoms with Crippen molar-refractivity contribution in [3.8, 4) is 0 Å². The van der Waals surface area contributed by atoms with Crippen LogP contribution in [0.2, 0.25) is 0 Å². The van der Waals surface area contributed by atoms with Crippen LogP contribution in [0.3, 0.4) is 0 Å². The van der Waals surface area contributed by atoms with Crippen LogP contribution in [0, 0.1) is 0 Å². The number of thiazole rings is 1. The lowest BCUT2D eigenvalue weighted by Gasteiger charge is -2.13.